The van der Waals surface area contributed by atoms with Crippen molar-refractivity contribution in [3.63, 3.8) is 0 Å². The van der Waals surface area contributed by atoms with Gasteiger partial charge < -0.3 is 25.2 Å². The predicted molar refractivity (Wildman–Crippen MR) is 159 cm³/mol. The van der Waals surface area contributed by atoms with Crippen molar-refractivity contribution >= 4 is 35.0 Å². The van der Waals surface area contributed by atoms with Crippen LogP contribution in [-0.2, 0) is 20.9 Å². The van der Waals surface area contributed by atoms with Crippen LogP contribution in [0.25, 0.3) is 0 Å². The molecule has 1 saturated heterocycles. The molecule has 9 heteroatoms. The van der Waals surface area contributed by atoms with Gasteiger partial charge in [-0.25, -0.2) is 0 Å². The number of benzene rings is 3. The number of nitrogens with one attached hydrogen (secondary N) is 2. The molecule has 5 rings (SSSR count). The van der Waals surface area contributed by atoms with Gasteiger partial charge in [0.2, 0.25) is 5.91 Å². The minimum absolute atomic E-state index is 0.0188. The van der Waals surface area contributed by atoms with E-state index in [1.54, 1.807) is 30.1 Å². The molecule has 3 aromatic carbocycles. The molecular weight excluding hydrogens is 538 g/mol. The molecule has 0 saturated carbocycles. The standard InChI is InChI=1S/C32H31N3O5S/c1-21(37)34-26-11-13-29(14-12-26)41-20-28-17-30(23-9-7-22(19-36)8-10-23)40-32(39-28)24-4-2-6-27(16-24)35-31(38)25-5-3-15-33-18-25/h2-16,18,28,30,32,36H,17,19-20H2,1H3,(H,34,37)(H,35,38)/t28-,30+,32+/m0/s1. The van der Waals surface area contributed by atoms with Crippen molar-refractivity contribution in [2.45, 2.75) is 43.3 Å². The third kappa shape index (κ3) is 7.80. The van der Waals surface area contributed by atoms with Gasteiger partial charge in [0.1, 0.15) is 0 Å². The maximum Gasteiger partial charge on any atom is 0.257 e. The first-order valence-corrected chi connectivity index (χ1v) is 14.3. The molecule has 1 aliphatic heterocycles. The monoisotopic (exact) mass is 569 g/mol. The molecular formula is C32H31N3O5S. The van der Waals surface area contributed by atoms with Crippen molar-refractivity contribution in [2.24, 2.45) is 0 Å². The Bertz CT molecular complexity index is 1470. The molecule has 1 fully saturated rings. The van der Waals surface area contributed by atoms with Crippen LogP contribution in [0.2, 0.25) is 0 Å². The van der Waals surface area contributed by atoms with Gasteiger partial charge in [0, 0.05) is 53.3 Å². The second-order valence-electron chi connectivity index (χ2n) is 9.69. The van der Waals surface area contributed by atoms with Crippen molar-refractivity contribution in [1.82, 2.24) is 4.98 Å². The zero-order valence-corrected chi connectivity index (χ0v) is 23.3. The van der Waals surface area contributed by atoms with Gasteiger partial charge in [0.25, 0.3) is 5.91 Å². The number of anilines is 2. The van der Waals surface area contributed by atoms with Crippen LogP contribution in [0.3, 0.4) is 0 Å². The fourth-order valence-corrected chi connectivity index (χ4v) is 5.43. The number of carbonyl (C=O) groups is 2. The summed E-state index contributed by atoms with van der Waals surface area (Å²) in [6.07, 6.45) is 2.82. The summed E-state index contributed by atoms with van der Waals surface area (Å²) in [7, 11) is 0. The summed E-state index contributed by atoms with van der Waals surface area (Å²) in [6, 6.07) is 26.4. The number of aromatic nitrogens is 1. The van der Waals surface area contributed by atoms with Gasteiger partial charge in [-0.1, -0.05) is 36.4 Å². The van der Waals surface area contributed by atoms with Crippen LogP contribution in [0, 0.1) is 0 Å². The van der Waals surface area contributed by atoms with E-state index in [-0.39, 0.29) is 30.6 Å². The highest BCUT2D eigenvalue weighted by Gasteiger charge is 2.32. The average Bonchev–Trinajstić information content (AvgIpc) is 3.01. The quantitative estimate of drug-likeness (QED) is 0.208. The van der Waals surface area contributed by atoms with Gasteiger partial charge in [0.05, 0.1) is 24.4 Å². The van der Waals surface area contributed by atoms with Gasteiger partial charge in [-0.3, -0.25) is 14.6 Å². The Morgan fingerprint density at radius 2 is 1.73 bits per heavy atom. The van der Waals surface area contributed by atoms with E-state index in [1.807, 2.05) is 72.8 Å². The second-order valence-corrected chi connectivity index (χ2v) is 10.8. The number of aliphatic hydroxyl groups is 1. The highest BCUT2D eigenvalue weighted by atomic mass is 32.2. The molecule has 2 heterocycles. The van der Waals surface area contributed by atoms with E-state index in [4.69, 9.17) is 9.47 Å². The first-order chi connectivity index (χ1) is 20.0. The van der Waals surface area contributed by atoms with Crippen LogP contribution in [0.15, 0.2) is 102 Å². The molecule has 3 N–H and O–H groups in total. The van der Waals surface area contributed by atoms with Crippen LogP contribution in [-0.4, -0.2) is 33.8 Å². The number of pyridine rings is 1. The predicted octanol–water partition coefficient (Wildman–Crippen LogP) is 6.12. The van der Waals surface area contributed by atoms with Crippen molar-refractivity contribution in [3.05, 3.63) is 120 Å². The summed E-state index contributed by atoms with van der Waals surface area (Å²) < 4.78 is 12.9. The van der Waals surface area contributed by atoms with Crippen LogP contribution in [0.5, 0.6) is 0 Å². The Morgan fingerprint density at radius 1 is 0.927 bits per heavy atom. The van der Waals surface area contributed by atoms with Gasteiger partial charge in [0.15, 0.2) is 6.29 Å². The smallest absolute Gasteiger partial charge is 0.257 e. The number of thioether (sulfide) groups is 1. The summed E-state index contributed by atoms with van der Waals surface area (Å²) in [5.41, 5.74) is 4.49. The lowest BCUT2D eigenvalue weighted by molar-refractivity contribution is -0.245. The van der Waals surface area contributed by atoms with E-state index < -0.39 is 6.29 Å². The van der Waals surface area contributed by atoms with E-state index in [0.717, 1.165) is 27.3 Å². The summed E-state index contributed by atoms with van der Waals surface area (Å²) in [5, 5.41) is 15.2. The van der Waals surface area contributed by atoms with Gasteiger partial charge >= 0.3 is 0 Å². The first kappa shape index (κ1) is 28.5. The average molecular weight is 570 g/mol. The minimum atomic E-state index is -0.644. The second kappa shape index (κ2) is 13.6. The largest absolute Gasteiger partial charge is 0.392 e. The number of carbonyl (C=O) groups excluding carboxylic acids is 2. The third-order valence-corrected chi connectivity index (χ3v) is 7.71. The highest BCUT2D eigenvalue weighted by Crippen LogP contribution is 2.40. The van der Waals surface area contributed by atoms with E-state index in [0.29, 0.717) is 23.4 Å². The minimum Gasteiger partial charge on any atom is -0.392 e. The summed E-state index contributed by atoms with van der Waals surface area (Å²) in [5.74, 6) is 0.342. The van der Waals surface area contributed by atoms with Crippen molar-refractivity contribution in [1.29, 1.82) is 0 Å². The van der Waals surface area contributed by atoms with Crippen molar-refractivity contribution < 1.29 is 24.2 Å². The Labute approximate surface area is 243 Å². The van der Waals surface area contributed by atoms with E-state index in [1.165, 1.54) is 13.1 Å². The SMILES string of the molecule is CC(=O)Nc1ccc(SC[C@@H]2C[C@H](c3ccc(CO)cc3)O[C@H](c3cccc(NC(=O)c4cccnc4)c3)O2)cc1. The lowest BCUT2D eigenvalue weighted by Gasteiger charge is -2.36. The lowest BCUT2D eigenvalue weighted by Crippen LogP contribution is -2.31. The highest BCUT2D eigenvalue weighted by molar-refractivity contribution is 7.99. The Kier molecular flexibility index (Phi) is 9.43. The van der Waals surface area contributed by atoms with E-state index in [2.05, 4.69) is 15.6 Å². The molecule has 0 bridgehead atoms. The topological polar surface area (TPSA) is 110 Å². The molecule has 4 aromatic rings. The molecule has 1 aromatic heterocycles. The fraction of sp³-hybridized carbons (Fsp3) is 0.219. The molecule has 3 atom stereocenters. The normalized spacial score (nSPS) is 18.4. The van der Waals surface area contributed by atoms with Crippen molar-refractivity contribution in [3.8, 4) is 0 Å². The summed E-state index contributed by atoms with van der Waals surface area (Å²) in [6.45, 7) is 1.47. The number of ether oxygens (including phenoxy) is 2. The van der Waals surface area contributed by atoms with E-state index in [9.17, 15) is 14.7 Å². The Morgan fingerprint density at radius 3 is 2.44 bits per heavy atom. The van der Waals surface area contributed by atoms with Gasteiger partial charge in [-0.15, -0.1) is 11.8 Å². The Balaban J connectivity index is 1.32. The van der Waals surface area contributed by atoms with Crippen LogP contribution in [0.4, 0.5) is 11.4 Å². The number of hydrogen-bond acceptors (Lipinski definition) is 7. The summed E-state index contributed by atoms with van der Waals surface area (Å²) in [4.78, 5) is 29.1. The molecule has 8 nitrogen and oxygen atoms in total. The van der Waals surface area contributed by atoms with Crippen molar-refractivity contribution in [2.75, 3.05) is 16.4 Å². The lowest BCUT2D eigenvalue weighted by atomic mass is 10.0. The van der Waals surface area contributed by atoms with Gasteiger partial charge in [-0.05, 0) is 59.7 Å². The van der Waals surface area contributed by atoms with Gasteiger partial charge in [-0.2, -0.15) is 0 Å². The van der Waals surface area contributed by atoms with Crippen LogP contribution in [0.1, 0.15) is 52.8 Å². The number of aliphatic hydroxyl groups excluding tert-OH is 1. The number of nitrogens with zero attached hydrogens (tertiary/aromatic N) is 1. The maximum absolute atomic E-state index is 12.7. The number of rotatable bonds is 9. The fourth-order valence-electron chi connectivity index (χ4n) is 4.51. The Hall–Kier alpha value is -4.02. The molecule has 2 amide bonds. The number of hydrogen-bond donors (Lipinski definition) is 3. The molecule has 210 valence electrons. The molecule has 1 aliphatic rings. The maximum atomic E-state index is 12.7. The molecule has 41 heavy (non-hydrogen) atoms. The molecule has 0 aliphatic carbocycles. The zero-order chi connectivity index (χ0) is 28.6. The third-order valence-electron chi connectivity index (χ3n) is 6.57. The van der Waals surface area contributed by atoms with E-state index >= 15 is 0 Å². The first-order valence-electron chi connectivity index (χ1n) is 13.3. The number of amides is 2. The molecule has 0 unspecified atom stereocenters. The molecule has 0 spiro atoms. The van der Waals surface area contributed by atoms with Crippen LogP contribution >= 0.6 is 11.8 Å². The van der Waals surface area contributed by atoms with Crippen LogP contribution < -0.4 is 10.6 Å². The zero-order valence-electron chi connectivity index (χ0n) is 22.5. The molecule has 0 radical (unpaired) electrons. The summed E-state index contributed by atoms with van der Waals surface area (Å²) >= 11 is 1.68.